The highest BCUT2D eigenvalue weighted by molar-refractivity contribution is 8.14. The van der Waals surface area contributed by atoms with Crippen LogP contribution in [0, 0.1) is 5.41 Å². The number of nitrogens with zero attached hydrogens (tertiary/aromatic N) is 3. The second kappa shape index (κ2) is 10.3. The molecule has 0 spiro atoms. The number of anilines is 2. The molecule has 0 atom stereocenters. The molecule has 1 aromatic carbocycles. The third kappa shape index (κ3) is 6.63. The first-order valence-electron chi connectivity index (χ1n) is 9.17. The Bertz CT molecular complexity index is 1190. The fourth-order valence-corrected chi connectivity index (χ4v) is 4.16. The number of nitrogens with one attached hydrogen (secondary N) is 4. The molecule has 4 N–H and O–H groups in total. The molecule has 0 fully saturated rings. The van der Waals surface area contributed by atoms with Gasteiger partial charge < -0.3 is 20.1 Å². The number of aromatic nitrogens is 2. The van der Waals surface area contributed by atoms with Crippen LogP contribution in [0.5, 0.6) is 11.9 Å². The maximum atomic E-state index is 12.7. The third-order valence-electron chi connectivity index (χ3n) is 3.91. The molecular formula is C18H19N7O6S2. The Morgan fingerprint density at radius 1 is 1.21 bits per heavy atom. The normalized spacial score (nSPS) is 13.6. The monoisotopic (exact) mass is 493 g/mol. The third-order valence-corrected chi connectivity index (χ3v) is 6.16. The number of aliphatic imine (C=N–C) groups is 1. The number of benzene rings is 1. The minimum Gasteiger partial charge on any atom is -0.481 e. The summed E-state index contributed by atoms with van der Waals surface area (Å²) in [4.78, 5) is 35.1. The van der Waals surface area contributed by atoms with Gasteiger partial charge in [-0.25, -0.2) is 13.4 Å². The molecule has 0 bridgehead atoms. The number of ether oxygens (including phenoxy) is 2. The van der Waals surface area contributed by atoms with Gasteiger partial charge in [0.2, 0.25) is 17.7 Å². The summed E-state index contributed by atoms with van der Waals surface area (Å²) in [6.07, 6.45) is -0.0985. The van der Waals surface area contributed by atoms with Crippen molar-refractivity contribution in [2.24, 2.45) is 4.99 Å². The maximum Gasteiger partial charge on any atom is 0.321 e. The molecule has 2 heterocycles. The van der Waals surface area contributed by atoms with E-state index in [0.29, 0.717) is 5.69 Å². The lowest BCUT2D eigenvalue weighted by atomic mass is 10.3. The molecule has 1 aromatic heterocycles. The van der Waals surface area contributed by atoms with Crippen LogP contribution in [0.4, 0.5) is 11.5 Å². The summed E-state index contributed by atoms with van der Waals surface area (Å²) >= 11 is 0.974. The van der Waals surface area contributed by atoms with Crippen LogP contribution >= 0.6 is 11.8 Å². The highest BCUT2D eigenvalue weighted by atomic mass is 32.2. The summed E-state index contributed by atoms with van der Waals surface area (Å²) in [6, 6.07) is 6.70. The smallest absolute Gasteiger partial charge is 0.321 e. The van der Waals surface area contributed by atoms with Crippen molar-refractivity contribution in [1.29, 1.82) is 5.41 Å². The van der Waals surface area contributed by atoms with E-state index < -0.39 is 15.9 Å². The standard InChI is InChI=1S/C18H19N7O6S2/c1-30-16-8-13(22-17(24-16)31-2)25-33(28,29)11-5-3-10(4-6-11)20-15(27)9-32-18-21-12(19)7-14(26)23-18/h3-6,8H,7,9H2,1-2H3,(H,20,27)(H,22,24,25)(H2,19,21,23,26). The van der Waals surface area contributed by atoms with Crippen molar-refractivity contribution in [3.63, 3.8) is 0 Å². The summed E-state index contributed by atoms with van der Waals surface area (Å²) in [7, 11) is -1.28. The molecule has 13 nitrogen and oxygen atoms in total. The summed E-state index contributed by atoms with van der Waals surface area (Å²) in [5.41, 5.74) is 0.368. The Labute approximate surface area is 193 Å². The molecule has 174 valence electrons. The first kappa shape index (κ1) is 23.9. The molecule has 15 heteroatoms. The van der Waals surface area contributed by atoms with Crippen LogP contribution in [-0.4, -0.2) is 61.2 Å². The van der Waals surface area contributed by atoms with E-state index in [-0.39, 0.29) is 51.7 Å². The summed E-state index contributed by atoms with van der Waals surface area (Å²) in [5.74, 6) is -0.827. The topological polar surface area (TPSA) is 185 Å². The molecule has 2 aromatic rings. The molecule has 1 aliphatic heterocycles. The zero-order chi connectivity index (χ0) is 24.0. The molecule has 3 rings (SSSR count). The van der Waals surface area contributed by atoms with E-state index in [1.807, 2.05) is 0 Å². The highest BCUT2D eigenvalue weighted by Crippen LogP contribution is 2.21. The molecule has 0 saturated heterocycles. The van der Waals surface area contributed by atoms with Crippen LogP contribution in [0.15, 0.2) is 40.2 Å². The van der Waals surface area contributed by atoms with Gasteiger partial charge in [0.05, 0.1) is 31.3 Å². The fourth-order valence-electron chi connectivity index (χ4n) is 2.47. The second-order valence-electron chi connectivity index (χ2n) is 6.34. The zero-order valence-corrected chi connectivity index (χ0v) is 19.0. The molecule has 0 saturated carbocycles. The second-order valence-corrected chi connectivity index (χ2v) is 8.98. The number of sulfonamides is 1. The Balaban J connectivity index is 1.61. The average Bonchev–Trinajstić information content (AvgIpc) is 2.77. The van der Waals surface area contributed by atoms with Gasteiger partial charge in [-0.1, -0.05) is 11.8 Å². The van der Waals surface area contributed by atoms with Crippen LogP contribution < -0.4 is 24.8 Å². The van der Waals surface area contributed by atoms with Crippen molar-refractivity contribution in [3.8, 4) is 11.9 Å². The van der Waals surface area contributed by atoms with Crippen LogP contribution in [-0.2, 0) is 19.6 Å². The average molecular weight is 494 g/mol. The number of hydrogen-bond acceptors (Lipinski definition) is 10. The first-order valence-corrected chi connectivity index (χ1v) is 11.6. The van der Waals surface area contributed by atoms with Gasteiger partial charge in [0.15, 0.2) is 11.0 Å². The first-order chi connectivity index (χ1) is 15.7. The largest absolute Gasteiger partial charge is 0.481 e. The number of carbonyl (C=O) groups is 2. The van der Waals surface area contributed by atoms with Crippen LogP contribution in [0.2, 0.25) is 0 Å². The zero-order valence-electron chi connectivity index (χ0n) is 17.4. The summed E-state index contributed by atoms with van der Waals surface area (Å²) < 4.78 is 37.5. The Kier molecular flexibility index (Phi) is 7.44. The lowest BCUT2D eigenvalue weighted by Crippen LogP contribution is -2.35. The molecule has 2 amide bonds. The summed E-state index contributed by atoms with van der Waals surface area (Å²) in [6.45, 7) is 0. The quantitative estimate of drug-likeness (QED) is 0.413. The number of rotatable bonds is 8. The van der Waals surface area contributed by atoms with E-state index in [2.05, 4.69) is 30.3 Å². The van der Waals surface area contributed by atoms with Crippen molar-refractivity contribution in [2.45, 2.75) is 11.3 Å². The van der Waals surface area contributed by atoms with Gasteiger partial charge in [-0.3, -0.25) is 19.7 Å². The van der Waals surface area contributed by atoms with Crippen LogP contribution in [0.1, 0.15) is 6.42 Å². The van der Waals surface area contributed by atoms with Gasteiger partial charge in [-0.15, -0.1) is 0 Å². The van der Waals surface area contributed by atoms with E-state index in [1.54, 1.807) is 0 Å². The molecule has 0 aliphatic carbocycles. The SMILES string of the molecule is COc1cc(NS(=O)(=O)c2ccc(NC(=O)CSC3=NC(=N)CC(=O)N3)cc2)nc(OC)n1. The molecule has 1 aliphatic rings. The Hall–Kier alpha value is -3.72. The minimum atomic E-state index is -3.99. The van der Waals surface area contributed by atoms with E-state index in [4.69, 9.17) is 14.9 Å². The lowest BCUT2D eigenvalue weighted by molar-refractivity contribution is -0.118. The van der Waals surface area contributed by atoms with Gasteiger partial charge in [0, 0.05) is 11.8 Å². The van der Waals surface area contributed by atoms with Gasteiger partial charge in [-0.05, 0) is 24.3 Å². The number of methoxy groups -OCH3 is 2. The number of amidine groups is 2. The summed E-state index contributed by atoms with van der Waals surface area (Å²) in [5, 5.41) is 12.7. The fraction of sp³-hybridized carbons (Fsp3) is 0.222. The van der Waals surface area contributed by atoms with Crippen molar-refractivity contribution in [2.75, 3.05) is 30.0 Å². The van der Waals surface area contributed by atoms with E-state index in [1.165, 1.54) is 44.6 Å². The predicted molar refractivity (Wildman–Crippen MR) is 121 cm³/mol. The Morgan fingerprint density at radius 3 is 2.58 bits per heavy atom. The van der Waals surface area contributed by atoms with Gasteiger partial charge in [0.1, 0.15) is 5.84 Å². The number of hydrogen-bond donors (Lipinski definition) is 4. The maximum absolute atomic E-state index is 12.7. The van der Waals surface area contributed by atoms with Gasteiger partial charge >= 0.3 is 6.01 Å². The minimum absolute atomic E-state index is 0.0427. The van der Waals surface area contributed by atoms with E-state index in [0.717, 1.165) is 11.8 Å². The van der Waals surface area contributed by atoms with Crippen LogP contribution in [0.25, 0.3) is 0 Å². The van der Waals surface area contributed by atoms with Gasteiger partial charge in [-0.2, -0.15) is 9.97 Å². The van der Waals surface area contributed by atoms with Crippen molar-refractivity contribution >= 4 is 56.1 Å². The van der Waals surface area contributed by atoms with Crippen molar-refractivity contribution in [1.82, 2.24) is 15.3 Å². The van der Waals surface area contributed by atoms with Gasteiger partial charge in [0.25, 0.3) is 10.0 Å². The Morgan fingerprint density at radius 2 is 1.94 bits per heavy atom. The van der Waals surface area contributed by atoms with Crippen molar-refractivity contribution < 1.29 is 27.5 Å². The molecule has 0 unspecified atom stereocenters. The molecular weight excluding hydrogens is 474 g/mol. The highest BCUT2D eigenvalue weighted by Gasteiger charge is 2.19. The van der Waals surface area contributed by atoms with Crippen molar-refractivity contribution in [3.05, 3.63) is 30.3 Å². The number of amides is 2. The van der Waals surface area contributed by atoms with Crippen LogP contribution in [0.3, 0.4) is 0 Å². The molecule has 33 heavy (non-hydrogen) atoms. The van der Waals surface area contributed by atoms with E-state index >= 15 is 0 Å². The lowest BCUT2D eigenvalue weighted by Gasteiger charge is -2.13. The predicted octanol–water partition coefficient (Wildman–Crippen LogP) is 0.819. The number of thioether (sulfide) groups is 1. The number of carbonyl (C=O) groups excluding carboxylic acids is 2. The molecule has 0 radical (unpaired) electrons. The van der Waals surface area contributed by atoms with E-state index in [9.17, 15) is 18.0 Å².